The molecule has 0 amide bonds. The molecule has 0 saturated heterocycles. The van der Waals surface area contributed by atoms with Crippen LogP contribution in [0.4, 0.5) is 0 Å². The summed E-state index contributed by atoms with van der Waals surface area (Å²) in [6, 6.07) is -0.362. The number of methoxy groups -OCH3 is 1. The van der Waals surface area contributed by atoms with E-state index in [1.54, 1.807) is 0 Å². The zero-order valence-corrected chi connectivity index (χ0v) is 17.5. The molecule has 7 heteroatoms. The van der Waals surface area contributed by atoms with Crippen LogP contribution >= 0.6 is 0 Å². The summed E-state index contributed by atoms with van der Waals surface area (Å²) in [4.78, 5) is 23.0. The molecule has 2 aliphatic carbocycles. The van der Waals surface area contributed by atoms with Gasteiger partial charge in [-0.1, -0.05) is 26.0 Å². The van der Waals surface area contributed by atoms with Gasteiger partial charge >= 0.3 is 11.9 Å². The van der Waals surface area contributed by atoms with Gasteiger partial charge in [-0.25, -0.2) is 4.68 Å². The number of rotatable bonds is 9. The van der Waals surface area contributed by atoms with Crippen LogP contribution in [0, 0.1) is 11.3 Å². The van der Waals surface area contributed by atoms with Crippen LogP contribution in [0.5, 0.6) is 0 Å². The lowest BCUT2D eigenvalue weighted by molar-refractivity contribution is -0.142. The minimum atomic E-state index is -0.887. The summed E-state index contributed by atoms with van der Waals surface area (Å²) in [7, 11) is 1.35. The maximum absolute atomic E-state index is 11.6. The predicted octanol–water partition coefficient (Wildman–Crippen LogP) is 4.05. The third kappa shape index (κ3) is 5.11. The standard InChI is InChI=1S/C21H33N3O4/c1-21(2,3)12-13-9-15(10-13)19-20(14-5-6-14)24(23-22-19)16(11-17(25)26)7-8-18(27)28-4/h13-16H,5-12H2,1-4H3,(H,25,26)/t13?,15?,16-/m0/s1. The Balaban J connectivity index is 1.76. The van der Waals surface area contributed by atoms with Crippen LogP contribution in [0.1, 0.15) is 101 Å². The molecule has 0 aliphatic heterocycles. The van der Waals surface area contributed by atoms with Crippen LogP contribution in [0.15, 0.2) is 0 Å². The van der Waals surface area contributed by atoms with Gasteiger partial charge in [-0.2, -0.15) is 0 Å². The van der Waals surface area contributed by atoms with Crippen molar-refractivity contribution < 1.29 is 19.4 Å². The highest BCUT2D eigenvalue weighted by Gasteiger charge is 2.41. The fourth-order valence-corrected chi connectivity index (χ4v) is 4.52. The molecule has 28 heavy (non-hydrogen) atoms. The van der Waals surface area contributed by atoms with E-state index in [9.17, 15) is 14.7 Å². The number of hydrogen-bond acceptors (Lipinski definition) is 5. The fraction of sp³-hybridized carbons (Fsp3) is 0.810. The molecule has 1 aromatic rings. The van der Waals surface area contributed by atoms with Crippen LogP contribution in [0.2, 0.25) is 0 Å². The van der Waals surface area contributed by atoms with Crippen molar-refractivity contribution >= 4 is 11.9 Å². The number of carboxylic acid groups (broad SMARTS) is 1. The molecule has 3 rings (SSSR count). The highest BCUT2D eigenvalue weighted by molar-refractivity contribution is 5.70. The second-order valence-electron chi connectivity index (χ2n) is 9.74. The molecule has 2 saturated carbocycles. The molecule has 0 spiro atoms. The third-order valence-corrected chi connectivity index (χ3v) is 5.91. The number of hydrogen-bond donors (Lipinski definition) is 1. The number of carboxylic acids is 1. The van der Waals surface area contributed by atoms with Crippen molar-refractivity contribution in [1.29, 1.82) is 0 Å². The first-order valence-electron chi connectivity index (χ1n) is 10.4. The van der Waals surface area contributed by atoms with Gasteiger partial charge in [-0.05, 0) is 49.9 Å². The molecule has 2 aliphatic rings. The summed E-state index contributed by atoms with van der Waals surface area (Å²) in [5.74, 6) is 0.385. The smallest absolute Gasteiger partial charge is 0.305 e. The van der Waals surface area contributed by atoms with Crippen LogP contribution in [-0.4, -0.2) is 39.1 Å². The minimum Gasteiger partial charge on any atom is -0.481 e. The predicted molar refractivity (Wildman–Crippen MR) is 104 cm³/mol. The highest BCUT2D eigenvalue weighted by Crippen LogP contribution is 2.51. The topological polar surface area (TPSA) is 94.3 Å². The number of ether oxygens (including phenoxy) is 1. The first-order valence-corrected chi connectivity index (χ1v) is 10.4. The SMILES string of the molecule is COC(=O)CC[C@@H](CC(=O)O)n1nnc(C2CC(CC(C)(C)C)C2)c1C1CC1. The van der Waals surface area contributed by atoms with Crippen molar-refractivity contribution in [3.05, 3.63) is 11.4 Å². The highest BCUT2D eigenvalue weighted by atomic mass is 16.5. The van der Waals surface area contributed by atoms with Crippen molar-refractivity contribution in [3.8, 4) is 0 Å². The van der Waals surface area contributed by atoms with Gasteiger partial charge in [0.05, 0.1) is 31.0 Å². The summed E-state index contributed by atoms with van der Waals surface area (Å²) in [5, 5.41) is 18.2. The number of aromatic nitrogens is 3. The van der Waals surface area contributed by atoms with E-state index in [0.717, 1.165) is 43.0 Å². The Labute approximate surface area is 166 Å². The van der Waals surface area contributed by atoms with Crippen molar-refractivity contribution in [2.45, 2.75) is 90.0 Å². The third-order valence-electron chi connectivity index (χ3n) is 5.91. The van der Waals surface area contributed by atoms with Crippen LogP contribution in [0.25, 0.3) is 0 Å². The molecule has 1 atom stereocenters. The minimum absolute atomic E-state index is 0.0587. The first kappa shape index (κ1) is 20.8. The van der Waals surface area contributed by atoms with E-state index >= 15 is 0 Å². The average Bonchev–Trinajstić information content (AvgIpc) is 3.32. The Hall–Kier alpha value is -1.92. The normalized spacial score (nSPS) is 23.1. The molecule has 0 radical (unpaired) electrons. The van der Waals surface area contributed by atoms with Gasteiger partial charge in [-0.3, -0.25) is 9.59 Å². The van der Waals surface area contributed by atoms with Gasteiger partial charge in [0.1, 0.15) is 0 Å². The van der Waals surface area contributed by atoms with Gasteiger partial charge in [-0.15, -0.1) is 5.10 Å². The molecule has 1 N–H and O–H groups in total. The molecule has 1 aromatic heterocycles. The summed E-state index contributed by atoms with van der Waals surface area (Å²) in [6.07, 6.45) is 6.24. The Morgan fingerprint density at radius 2 is 1.93 bits per heavy atom. The quantitative estimate of drug-likeness (QED) is 0.638. The summed E-state index contributed by atoms with van der Waals surface area (Å²) >= 11 is 0. The van der Waals surface area contributed by atoms with Gasteiger partial charge in [0.2, 0.25) is 0 Å². The molecular weight excluding hydrogens is 358 g/mol. The molecule has 0 aromatic carbocycles. The van der Waals surface area contributed by atoms with Crippen LogP contribution < -0.4 is 0 Å². The molecule has 0 bridgehead atoms. The second-order valence-corrected chi connectivity index (χ2v) is 9.74. The van der Waals surface area contributed by atoms with E-state index in [4.69, 9.17) is 4.74 Å². The maximum atomic E-state index is 11.6. The second kappa shape index (κ2) is 8.21. The zero-order valence-electron chi connectivity index (χ0n) is 17.5. The molecule has 2 fully saturated rings. The Morgan fingerprint density at radius 3 is 2.46 bits per heavy atom. The van der Waals surface area contributed by atoms with E-state index in [1.165, 1.54) is 13.5 Å². The monoisotopic (exact) mass is 391 g/mol. The number of esters is 1. The molecule has 1 heterocycles. The largest absolute Gasteiger partial charge is 0.481 e. The summed E-state index contributed by atoms with van der Waals surface area (Å²) in [5.41, 5.74) is 2.53. The van der Waals surface area contributed by atoms with E-state index in [0.29, 0.717) is 23.7 Å². The lowest BCUT2D eigenvalue weighted by atomic mass is 9.67. The fourth-order valence-electron chi connectivity index (χ4n) is 4.52. The van der Waals surface area contributed by atoms with Gasteiger partial charge in [0.25, 0.3) is 0 Å². The average molecular weight is 392 g/mol. The number of aliphatic carboxylic acids is 1. The zero-order chi connectivity index (χ0) is 20.5. The molecule has 156 valence electrons. The van der Waals surface area contributed by atoms with Crippen LogP contribution in [-0.2, 0) is 14.3 Å². The summed E-state index contributed by atoms with van der Waals surface area (Å²) < 4.78 is 6.54. The van der Waals surface area contributed by atoms with E-state index in [1.807, 2.05) is 4.68 Å². The Morgan fingerprint density at radius 1 is 1.25 bits per heavy atom. The van der Waals surface area contributed by atoms with E-state index < -0.39 is 5.97 Å². The number of carbonyl (C=O) groups excluding carboxylic acids is 1. The van der Waals surface area contributed by atoms with Crippen molar-refractivity contribution in [2.75, 3.05) is 7.11 Å². The number of carbonyl (C=O) groups is 2. The summed E-state index contributed by atoms with van der Waals surface area (Å²) in [6.45, 7) is 6.85. The Kier molecular flexibility index (Phi) is 6.10. The van der Waals surface area contributed by atoms with Gasteiger partial charge in [0, 0.05) is 18.3 Å². The van der Waals surface area contributed by atoms with Crippen LogP contribution in [0.3, 0.4) is 0 Å². The number of nitrogens with zero attached hydrogens (tertiary/aromatic N) is 3. The lowest BCUT2D eigenvalue weighted by Crippen LogP contribution is -2.27. The van der Waals surface area contributed by atoms with E-state index in [-0.39, 0.29) is 24.9 Å². The molecule has 7 nitrogen and oxygen atoms in total. The maximum Gasteiger partial charge on any atom is 0.305 e. The molecular formula is C21H33N3O4. The van der Waals surface area contributed by atoms with Crippen molar-refractivity contribution in [1.82, 2.24) is 15.0 Å². The lowest BCUT2D eigenvalue weighted by Gasteiger charge is -2.38. The van der Waals surface area contributed by atoms with Crippen molar-refractivity contribution in [2.24, 2.45) is 11.3 Å². The Bertz CT molecular complexity index is 712. The van der Waals surface area contributed by atoms with Gasteiger partial charge in [0.15, 0.2) is 0 Å². The van der Waals surface area contributed by atoms with E-state index in [2.05, 4.69) is 31.1 Å². The first-order chi connectivity index (χ1) is 13.2. The van der Waals surface area contributed by atoms with Crippen molar-refractivity contribution in [3.63, 3.8) is 0 Å². The molecule has 0 unspecified atom stereocenters. The van der Waals surface area contributed by atoms with Gasteiger partial charge < -0.3 is 9.84 Å².